The predicted octanol–water partition coefficient (Wildman–Crippen LogP) is -7.67. The van der Waals surface area contributed by atoms with Crippen LogP contribution in [0.15, 0.2) is 0 Å². The summed E-state index contributed by atoms with van der Waals surface area (Å²) in [6.07, 6.45) is -12.1. The quantitative estimate of drug-likeness (QED) is 0.146. The van der Waals surface area contributed by atoms with Gasteiger partial charge in [0, 0.05) is 13.1 Å². The number of hydrogen-bond donors (Lipinski definition) is 11. The van der Waals surface area contributed by atoms with Crippen molar-refractivity contribution >= 4 is 0 Å². The van der Waals surface area contributed by atoms with Gasteiger partial charge < -0.3 is 55.6 Å². The number of nitrogens with two attached hydrogens (primary N) is 1. The Labute approximate surface area is 167 Å². The number of nitrogens with one attached hydrogen (secondary N) is 2. The van der Waals surface area contributed by atoms with Gasteiger partial charge in [-0.15, -0.1) is 0 Å². The Balaban J connectivity index is 1.61. The largest absolute Gasteiger partial charge is 0.394 e. The van der Waals surface area contributed by atoms with E-state index in [2.05, 4.69) is 10.6 Å². The molecule has 10 unspecified atom stereocenters. The van der Waals surface area contributed by atoms with E-state index in [1.54, 1.807) is 0 Å². The zero-order chi connectivity index (χ0) is 21.6. The van der Waals surface area contributed by atoms with E-state index in [0.717, 1.165) is 0 Å². The van der Waals surface area contributed by atoms with Crippen molar-refractivity contribution in [3.63, 3.8) is 0 Å². The van der Waals surface area contributed by atoms with E-state index < -0.39 is 74.5 Å². The molecule has 2 rings (SSSR count). The molecule has 13 heteroatoms. The highest BCUT2D eigenvalue weighted by atomic mass is 16.6. The molecule has 172 valence electrons. The average Bonchev–Trinajstić information content (AvgIpc) is 2.72. The Morgan fingerprint density at radius 1 is 0.586 bits per heavy atom. The summed E-state index contributed by atoms with van der Waals surface area (Å²) in [5, 5.41) is 84.8. The number of aliphatic hydroxyl groups excluding tert-OH is 8. The molecule has 0 aliphatic carbocycles. The molecule has 0 bridgehead atoms. The summed E-state index contributed by atoms with van der Waals surface area (Å²) in [4.78, 5) is 0. The first-order valence-corrected chi connectivity index (χ1v) is 9.71. The molecule has 29 heavy (non-hydrogen) atoms. The molecular weight excluding hydrogens is 394 g/mol. The minimum Gasteiger partial charge on any atom is -0.394 e. The van der Waals surface area contributed by atoms with E-state index in [-0.39, 0.29) is 0 Å². The third-order valence-corrected chi connectivity index (χ3v) is 5.17. The van der Waals surface area contributed by atoms with Gasteiger partial charge in [0.1, 0.15) is 61.3 Å². The van der Waals surface area contributed by atoms with Gasteiger partial charge in [0.15, 0.2) is 0 Å². The molecule has 0 radical (unpaired) electrons. The Kier molecular flexibility index (Phi) is 10.0. The highest BCUT2D eigenvalue weighted by Crippen LogP contribution is 2.20. The van der Waals surface area contributed by atoms with Crippen molar-refractivity contribution in [3.8, 4) is 0 Å². The lowest BCUT2D eigenvalue weighted by Crippen LogP contribution is -2.87. The number of rotatable bonds is 10. The van der Waals surface area contributed by atoms with E-state index in [1.807, 2.05) is 5.32 Å². The number of quaternary nitrogens is 1. The van der Waals surface area contributed by atoms with Gasteiger partial charge in [-0.05, 0) is 0 Å². The SMILES string of the molecule is OCC1OC(NCC[NH2+]CCNC2OC(CO)C(O)C(O)C2O)C(O)C(O)C1O. The van der Waals surface area contributed by atoms with E-state index in [4.69, 9.17) is 19.7 Å². The molecule has 0 saturated carbocycles. The van der Waals surface area contributed by atoms with Crippen molar-refractivity contribution in [2.24, 2.45) is 0 Å². The van der Waals surface area contributed by atoms with Crippen LogP contribution in [0, 0.1) is 0 Å². The lowest BCUT2D eigenvalue weighted by Gasteiger charge is -2.40. The first-order chi connectivity index (χ1) is 13.8. The Morgan fingerprint density at radius 2 is 0.966 bits per heavy atom. The van der Waals surface area contributed by atoms with Crippen LogP contribution >= 0.6 is 0 Å². The lowest BCUT2D eigenvalue weighted by molar-refractivity contribution is -0.651. The Hall–Kier alpha value is -0.520. The van der Waals surface area contributed by atoms with Gasteiger partial charge in [-0.3, -0.25) is 10.6 Å². The zero-order valence-electron chi connectivity index (χ0n) is 16.0. The van der Waals surface area contributed by atoms with Gasteiger partial charge in [0.25, 0.3) is 0 Å². The van der Waals surface area contributed by atoms with E-state index in [9.17, 15) is 30.6 Å². The maximum Gasteiger partial charge on any atom is 0.137 e. The fourth-order valence-electron chi connectivity index (χ4n) is 3.34. The minimum absolute atomic E-state index is 0.405. The summed E-state index contributed by atoms with van der Waals surface area (Å²) in [6.45, 7) is 0.986. The predicted molar refractivity (Wildman–Crippen MR) is 95.2 cm³/mol. The van der Waals surface area contributed by atoms with Crippen LogP contribution in [0.2, 0.25) is 0 Å². The lowest BCUT2D eigenvalue weighted by atomic mass is 9.98. The zero-order valence-corrected chi connectivity index (χ0v) is 16.0. The van der Waals surface area contributed by atoms with E-state index in [0.29, 0.717) is 26.2 Å². The third-order valence-electron chi connectivity index (χ3n) is 5.17. The Bertz CT molecular complexity index is 434. The normalized spacial score (nSPS) is 43.4. The Morgan fingerprint density at radius 3 is 1.31 bits per heavy atom. The van der Waals surface area contributed by atoms with Crippen LogP contribution in [0.1, 0.15) is 0 Å². The first-order valence-electron chi connectivity index (χ1n) is 9.71. The summed E-state index contributed by atoms with van der Waals surface area (Å²) in [5.74, 6) is 0. The van der Waals surface area contributed by atoms with Crippen LogP contribution in [-0.2, 0) is 9.47 Å². The third kappa shape index (κ3) is 6.24. The second-order valence-electron chi connectivity index (χ2n) is 7.27. The second-order valence-corrected chi connectivity index (χ2v) is 7.27. The highest BCUT2D eigenvalue weighted by Gasteiger charge is 2.44. The number of aliphatic hydroxyl groups is 8. The molecule has 0 aromatic heterocycles. The van der Waals surface area contributed by atoms with Gasteiger partial charge in [-0.1, -0.05) is 0 Å². The van der Waals surface area contributed by atoms with Gasteiger partial charge in [0.05, 0.1) is 26.3 Å². The molecule has 0 amide bonds. The molecule has 13 nitrogen and oxygen atoms in total. The topological polar surface area (TPSA) is 221 Å². The standard InChI is InChI=1S/C16H33N3O10/c20-5-7-9(22)11(24)13(26)15(28-7)18-3-1-17-2-4-19-16-14(27)12(25)10(23)8(6-21)29-16/h7-27H,1-6H2/p+1. The van der Waals surface area contributed by atoms with Gasteiger partial charge >= 0.3 is 0 Å². The van der Waals surface area contributed by atoms with Gasteiger partial charge in [0.2, 0.25) is 0 Å². The summed E-state index contributed by atoms with van der Waals surface area (Å²) in [6, 6.07) is 0. The van der Waals surface area contributed by atoms with E-state index in [1.165, 1.54) is 0 Å². The number of ether oxygens (including phenoxy) is 2. The van der Waals surface area contributed by atoms with Crippen molar-refractivity contribution in [2.75, 3.05) is 39.4 Å². The molecule has 2 aliphatic rings. The van der Waals surface area contributed by atoms with Crippen LogP contribution in [0.3, 0.4) is 0 Å². The van der Waals surface area contributed by atoms with Crippen LogP contribution in [0.5, 0.6) is 0 Å². The van der Waals surface area contributed by atoms with E-state index >= 15 is 0 Å². The highest BCUT2D eigenvalue weighted by molar-refractivity contribution is 4.91. The molecule has 2 heterocycles. The molecule has 0 aromatic rings. The van der Waals surface area contributed by atoms with Crippen LogP contribution in [0.4, 0.5) is 0 Å². The molecule has 12 N–H and O–H groups in total. The summed E-state index contributed by atoms with van der Waals surface area (Å²) in [7, 11) is 0. The first kappa shape index (κ1) is 24.7. The monoisotopic (exact) mass is 428 g/mol. The molecular formula is C16H34N3O10+. The molecule has 10 atom stereocenters. The van der Waals surface area contributed by atoms with Crippen LogP contribution in [-0.4, -0.2) is 142 Å². The maximum absolute atomic E-state index is 9.92. The van der Waals surface area contributed by atoms with Crippen molar-refractivity contribution in [1.82, 2.24) is 10.6 Å². The van der Waals surface area contributed by atoms with Gasteiger partial charge in [-0.25, -0.2) is 0 Å². The average molecular weight is 428 g/mol. The summed E-state index contributed by atoms with van der Waals surface area (Å²) >= 11 is 0. The van der Waals surface area contributed by atoms with Crippen LogP contribution < -0.4 is 16.0 Å². The second kappa shape index (κ2) is 11.8. The molecule has 0 spiro atoms. The molecule has 2 saturated heterocycles. The smallest absolute Gasteiger partial charge is 0.137 e. The molecule has 2 fully saturated rings. The minimum atomic E-state index is -1.43. The fraction of sp³-hybridized carbons (Fsp3) is 1.00. The molecule has 0 aromatic carbocycles. The fourth-order valence-corrected chi connectivity index (χ4v) is 3.34. The van der Waals surface area contributed by atoms with Crippen molar-refractivity contribution in [2.45, 2.75) is 61.3 Å². The van der Waals surface area contributed by atoms with Gasteiger partial charge in [-0.2, -0.15) is 0 Å². The number of hydrogen-bond acceptors (Lipinski definition) is 12. The van der Waals surface area contributed by atoms with Crippen molar-refractivity contribution in [3.05, 3.63) is 0 Å². The van der Waals surface area contributed by atoms with Crippen molar-refractivity contribution < 1.29 is 55.6 Å². The molecule has 2 aliphatic heterocycles. The summed E-state index contributed by atoms with van der Waals surface area (Å²) in [5.41, 5.74) is 0. The van der Waals surface area contributed by atoms with Crippen molar-refractivity contribution in [1.29, 1.82) is 0 Å². The maximum atomic E-state index is 9.92. The summed E-state index contributed by atoms with van der Waals surface area (Å²) < 4.78 is 10.7. The van der Waals surface area contributed by atoms with Crippen LogP contribution in [0.25, 0.3) is 0 Å².